The van der Waals surface area contributed by atoms with E-state index in [0.29, 0.717) is 21.7 Å². The summed E-state index contributed by atoms with van der Waals surface area (Å²) in [5.74, 6) is -0.537. The van der Waals surface area contributed by atoms with Crippen LogP contribution in [0, 0.1) is 0 Å². The predicted octanol–water partition coefficient (Wildman–Crippen LogP) is 5.00. The molecule has 0 bridgehead atoms. The third-order valence-electron chi connectivity index (χ3n) is 6.82. The minimum atomic E-state index is -4.84. The first-order chi connectivity index (χ1) is 18.7. The Hall–Kier alpha value is -2.99. The van der Waals surface area contributed by atoms with Crippen molar-refractivity contribution in [3.8, 4) is 5.75 Å². The summed E-state index contributed by atoms with van der Waals surface area (Å²) < 4.78 is 71.7. The number of carbonyl (C=O) groups is 2. The Bertz CT molecular complexity index is 1300. The minimum absolute atomic E-state index is 0.0122. The van der Waals surface area contributed by atoms with Crippen LogP contribution < -0.4 is 14.4 Å². The second kappa shape index (κ2) is 13.1. The number of ether oxygens (including phenoxy) is 1. The zero-order chi connectivity index (χ0) is 29.7. The average Bonchev–Trinajstić information content (AvgIpc) is 3.39. The molecule has 0 aromatic heterocycles. The number of hydrogen-bond donors (Lipinski definition) is 1. The molecule has 0 radical (unpaired) electrons. The third kappa shape index (κ3) is 8.03. The topological polar surface area (TPSA) is 96.0 Å². The number of halogens is 4. The highest BCUT2D eigenvalue weighted by Gasteiger charge is 2.36. The summed E-state index contributed by atoms with van der Waals surface area (Å²) in [4.78, 5) is 28.3. The van der Waals surface area contributed by atoms with E-state index in [1.165, 1.54) is 12.0 Å². The van der Waals surface area contributed by atoms with E-state index in [4.69, 9.17) is 16.3 Å². The van der Waals surface area contributed by atoms with Gasteiger partial charge < -0.3 is 15.0 Å². The molecule has 0 spiro atoms. The van der Waals surface area contributed by atoms with Crippen LogP contribution in [0.4, 0.5) is 18.9 Å². The van der Waals surface area contributed by atoms with Gasteiger partial charge in [0.1, 0.15) is 18.3 Å². The molecule has 13 heteroatoms. The first-order valence-electron chi connectivity index (χ1n) is 12.8. The molecule has 2 amide bonds. The van der Waals surface area contributed by atoms with E-state index in [2.05, 4.69) is 5.32 Å². The summed E-state index contributed by atoms with van der Waals surface area (Å²) in [6, 6.07) is 8.47. The Morgan fingerprint density at radius 3 is 2.27 bits per heavy atom. The van der Waals surface area contributed by atoms with Gasteiger partial charge in [0.2, 0.25) is 21.8 Å². The van der Waals surface area contributed by atoms with Crippen LogP contribution in [0.5, 0.6) is 5.75 Å². The van der Waals surface area contributed by atoms with E-state index in [1.54, 1.807) is 31.2 Å². The lowest BCUT2D eigenvalue weighted by Gasteiger charge is -2.33. The van der Waals surface area contributed by atoms with Crippen LogP contribution in [0.15, 0.2) is 42.5 Å². The fourth-order valence-electron chi connectivity index (χ4n) is 4.71. The number of nitrogens with zero attached hydrogens (tertiary/aromatic N) is 2. The molecule has 1 fully saturated rings. The van der Waals surface area contributed by atoms with Crippen LogP contribution in [0.3, 0.4) is 0 Å². The molecule has 1 N–H and O–H groups in total. The Balaban J connectivity index is 1.97. The number of rotatable bonds is 11. The van der Waals surface area contributed by atoms with Crippen molar-refractivity contribution in [3.05, 3.63) is 58.6 Å². The predicted molar refractivity (Wildman–Crippen MR) is 147 cm³/mol. The Kier molecular flexibility index (Phi) is 10.3. The van der Waals surface area contributed by atoms with Gasteiger partial charge in [-0.05, 0) is 55.2 Å². The number of sulfonamides is 1. The Labute approximate surface area is 237 Å². The van der Waals surface area contributed by atoms with Gasteiger partial charge in [0, 0.05) is 12.6 Å². The first kappa shape index (κ1) is 31.5. The fraction of sp³-hybridized carbons (Fsp3) is 0.481. The highest BCUT2D eigenvalue weighted by molar-refractivity contribution is 7.92. The normalized spacial score (nSPS) is 15.0. The van der Waals surface area contributed by atoms with Crippen molar-refractivity contribution in [1.29, 1.82) is 0 Å². The van der Waals surface area contributed by atoms with Gasteiger partial charge in [0.05, 0.1) is 29.6 Å². The quantitative estimate of drug-likeness (QED) is 0.390. The summed E-state index contributed by atoms with van der Waals surface area (Å²) in [6.45, 7) is 0.878. The molecule has 1 aliphatic rings. The standard InChI is InChI=1S/C27H33ClF3N3O5S/c1-4-24(26(36)32-19-7-5-6-8-19)33(16-18-9-12-21(39-2)13-10-18)25(35)17-34(40(3,37)38)20-11-14-23(28)22(15-20)27(29,30)31/h9-15,19,24H,4-8,16-17H2,1-3H3,(H,32,36). The van der Waals surface area contributed by atoms with Crippen molar-refractivity contribution < 1.29 is 35.9 Å². The van der Waals surface area contributed by atoms with E-state index in [-0.39, 0.29) is 30.6 Å². The summed E-state index contributed by atoms with van der Waals surface area (Å²) >= 11 is 5.72. The van der Waals surface area contributed by atoms with Crippen molar-refractivity contribution in [2.75, 3.05) is 24.2 Å². The van der Waals surface area contributed by atoms with E-state index < -0.39 is 45.3 Å². The summed E-state index contributed by atoms with van der Waals surface area (Å²) in [5, 5.41) is 2.39. The second-order valence-electron chi connectivity index (χ2n) is 9.72. The molecule has 0 saturated heterocycles. The molecule has 1 atom stereocenters. The molecule has 220 valence electrons. The zero-order valence-electron chi connectivity index (χ0n) is 22.5. The van der Waals surface area contributed by atoms with Crippen molar-refractivity contribution in [1.82, 2.24) is 10.2 Å². The SMILES string of the molecule is CCC(C(=O)NC1CCCC1)N(Cc1ccc(OC)cc1)C(=O)CN(c1ccc(Cl)c(C(F)(F)F)c1)S(C)(=O)=O. The maximum Gasteiger partial charge on any atom is 0.417 e. The second-order valence-corrected chi connectivity index (χ2v) is 12.0. The fourth-order valence-corrected chi connectivity index (χ4v) is 5.78. The van der Waals surface area contributed by atoms with Gasteiger partial charge in [-0.3, -0.25) is 13.9 Å². The molecule has 8 nitrogen and oxygen atoms in total. The zero-order valence-corrected chi connectivity index (χ0v) is 24.1. The van der Waals surface area contributed by atoms with Gasteiger partial charge in [-0.2, -0.15) is 13.2 Å². The van der Waals surface area contributed by atoms with Gasteiger partial charge in [0.25, 0.3) is 0 Å². The largest absolute Gasteiger partial charge is 0.497 e. The third-order valence-corrected chi connectivity index (χ3v) is 8.29. The van der Waals surface area contributed by atoms with Gasteiger partial charge in [-0.15, -0.1) is 0 Å². The summed E-state index contributed by atoms with van der Waals surface area (Å²) in [7, 11) is -2.71. The number of methoxy groups -OCH3 is 1. The van der Waals surface area contributed by atoms with Gasteiger partial charge in [-0.1, -0.05) is 43.5 Å². The molecule has 3 rings (SSSR count). The highest BCUT2D eigenvalue weighted by atomic mass is 35.5. The van der Waals surface area contributed by atoms with Crippen LogP contribution in [0.25, 0.3) is 0 Å². The number of nitrogens with one attached hydrogen (secondary N) is 1. The molecule has 0 heterocycles. The van der Waals surface area contributed by atoms with Crippen LogP contribution in [0.1, 0.15) is 50.2 Å². The van der Waals surface area contributed by atoms with Gasteiger partial charge >= 0.3 is 6.18 Å². The molecule has 2 aromatic carbocycles. The number of benzene rings is 2. The highest BCUT2D eigenvalue weighted by Crippen LogP contribution is 2.37. The van der Waals surface area contributed by atoms with E-state index >= 15 is 0 Å². The van der Waals surface area contributed by atoms with Crippen LogP contribution in [0.2, 0.25) is 5.02 Å². The van der Waals surface area contributed by atoms with E-state index in [0.717, 1.165) is 44.1 Å². The number of alkyl halides is 3. The Morgan fingerprint density at radius 1 is 1.12 bits per heavy atom. The summed E-state index contributed by atoms with van der Waals surface area (Å²) in [5.41, 5.74) is -0.955. The molecule has 1 saturated carbocycles. The molecular formula is C27H33ClF3N3O5S. The first-order valence-corrected chi connectivity index (χ1v) is 15.0. The lowest BCUT2D eigenvalue weighted by atomic mass is 10.1. The summed E-state index contributed by atoms with van der Waals surface area (Å²) in [6.07, 6.45) is -0.185. The maximum absolute atomic E-state index is 13.8. The average molecular weight is 604 g/mol. The lowest BCUT2D eigenvalue weighted by Crippen LogP contribution is -2.53. The molecule has 2 aromatic rings. The maximum atomic E-state index is 13.8. The minimum Gasteiger partial charge on any atom is -0.497 e. The molecule has 40 heavy (non-hydrogen) atoms. The number of hydrogen-bond acceptors (Lipinski definition) is 5. The molecule has 1 aliphatic carbocycles. The Morgan fingerprint density at radius 2 is 1.75 bits per heavy atom. The number of carbonyl (C=O) groups excluding carboxylic acids is 2. The van der Waals surface area contributed by atoms with Gasteiger partial charge in [0.15, 0.2) is 0 Å². The van der Waals surface area contributed by atoms with Crippen LogP contribution >= 0.6 is 11.6 Å². The van der Waals surface area contributed by atoms with E-state index in [1.807, 2.05) is 0 Å². The number of anilines is 1. The smallest absolute Gasteiger partial charge is 0.417 e. The van der Waals surface area contributed by atoms with Crippen molar-refractivity contribution >= 4 is 39.1 Å². The number of amides is 2. The van der Waals surface area contributed by atoms with Gasteiger partial charge in [-0.25, -0.2) is 8.42 Å². The monoisotopic (exact) mass is 603 g/mol. The van der Waals surface area contributed by atoms with Crippen LogP contribution in [-0.2, 0) is 32.3 Å². The van der Waals surface area contributed by atoms with Crippen molar-refractivity contribution in [3.63, 3.8) is 0 Å². The lowest BCUT2D eigenvalue weighted by molar-refractivity contribution is -0.140. The van der Waals surface area contributed by atoms with Crippen LogP contribution in [-0.4, -0.2) is 57.1 Å². The van der Waals surface area contributed by atoms with Crippen molar-refractivity contribution in [2.45, 2.75) is 63.8 Å². The van der Waals surface area contributed by atoms with Crippen molar-refractivity contribution in [2.24, 2.45) is 0 Å². The van der Waals surface area contributed by atoms with E-state index in [9.17, 15) is 31.2 Å². The molecule has 0 aliphatic heterocycles. The molecule has 1 unspecified atom stereocenters. The molecular weight excluding hydrogens is 571 g/mol.